The van der Waals surface area contributed by atoms with E-state index in [2.05, 4.69) is 5.32 Å². The Morgan fingerprint density at radius 1 is 1.27 bits per heavy atom. The average molecular weight is 143 g/mol. The summed E-state index contributed by atoms with van der Waals surface area (Å²) in [6.45, 7) is 1.49. The van der Waals surface area contributed by atoms with Gasteiger partial charge in [0.1, 0.15) is 0 Å². The Morgan fingerprint density at radius 3 is 2.27 bits per heavy atom. The first kappa shape index (κ1) is 10.3. The third kappa shape index (κ3) is 3.87. The normalized spacial score (nSPS) is 8.09. The topological polar surface area (TPSA) is 29.1 Å². The first-order valence-electron chi connectivity index (χ1n) is 3.11. The van der Waals surface area contributed by atoms with Crippen LogP contribution in [0, 0.1) is 0 Å². The van der Waals surface area contributed by atoms with Gasteiger partial charge in [-0.1, -0.05) is 18.2 Å². The first-order valence-corrected chi connectivity index (χ1v) is 3.11. The van der Waals surface area contributed by atoms with Crippen LogP contribution in [-0.4, -0.2) is 24.8 Å². The molecule has 0 bridgehead atoms. The monoisotopic (exact) mass is 143 g/mol. The molecule has 0 heterocycles. The number of hydrogen-bond acceptors (Lipinski definition) is 1. The molecule has 0 aliphatic carbocycles. The number of amides is 1. The summed E-state index contributed by atoms with van der Waals surface area (Å²) in [5.74, 6) is -0.0359. The van der Waals surface area contributed by atoms with Gasteiger partial charge in [0.15, 0.2) is 0 Å². The Morgan fingerprint density at radius 2 is 1.82 bits per heavy atom. The number of anilines is 1. The summed E-state index contributed by atoms with van der Waals surface area (Å²) in [6, 6.07) is 9.37. The fraction of sp³-hybridized carbons (Fsp3) is 0.125. The molecule has 0 radical (unpaired) electrons. The van der Waals surface area contributed by atoms with Crippen molar-refractivity contribution in [3.8, 4) is 0 Å². The molecule has 1 N–H and O–H groups in total. The van der Waals surface area contributed by atoms with Crippen molar-refractivity contribution in [2.24, 2.45) is 0 Å². The van der Waals surface area contributed by atoms with Gasteiger partial charge >= 0.3 is 18.9 Å². The Bertz CT molecular complexity index is 223. The third-order valence-corrected chi connectivity index (χ3v) is 1.09. The van der Waals surface area contributed by atoms with Crippen LogP contribution in [0.4, 0.5) is 5.69 Å². The number of rotatable bonds is 1. The number of carbonyl (C=O) groups excluding carboxylic acids is 1. The molecule has 1 aromatic carbocycles. The van der Waals surface area contributed by atoms with Crippen molar-refractivity contribution in [1.82, 2.24) is 0 Å². The number of carbonyl (C=O) groups is 1. The van der Waals surface area contributed by atoms with E-state index in [1.54, 1.807) is 0 Å². The summed E-state index contributed by atoms with van der Waals surface area (Å²) in [7, 11) is 0. The Labute approximate surface area is 78.2 Å². The maximum absolute atomic E-state index is 10.5. The summed E-state index contributed by atoms with van der Waals surface area (Å²) in [6.07, 6.45) is 0. The Hall–Kier alpha value is -0.713. The van der Waals surface area contributed by atoms with Gasteiger partial charge < -0.3 is 5.32 Å². The van der Waals surface area contributed by atoms with E-state index in [9.17, 15) is 4.79 Å². The number of para-hydroxylation sites is 1. The van der Waals surface area contributed by atoms with E-state index >= 15 is 0 Å². The number of hydrogen-bond donors (Lipinski definition) is 1. The minimum absolute atomic E-state index is 0. The minimum atomic E-state index is -0.0359. The molecule has 0 spiro atoms. The molecule has 3 heteroatoms. The van der Waals surface area contributed by atoms with Crippen LogP contribution in [0.15, 0.2) is 30.3 Å². The van der Waals surface area contributed by atoms with E-state index in [-0.39, 0.29) is 24.8 Å². The van der Waals surface area contributed by atoms with E-state index in [4.69, 9.17) is 0 Å². The molecule has 0 saturated carbocycles. The molecule has 0 fully saturated rings. The van der Waals surface area contributed by atoms with Gasteiger partial charge in [-0.25, -0.2) is 0 Å². The summed E-state index contributed by atoms with van der Waals surface area (Å²) in [4.78, 5) is 10.5. The van der Waals surface area contributed by atoms with Crippen molar-refractivity contribution < 1.29 is 4.79 Å². The molecule has 0 saturated heterocycles. The van der Waals surface area contributed by atoms with Gasteiger partial charge in [0.2, 0.25) is 5.91 Å². The van der Waals surface area contributed by atoms with Gasteiger partial charge in [0.05, 0.1) is 0 Å². The fourth-order valence-corrected chi connectivity index (χ4v) is 0.725. The van der Waals surface area contributed by atoms with Gasteiger partial charge in [-0.05, 0) is 12.1 Å². The summed E-state index contributed by atoms with van der Waals surface area (Å²) >= 11 is 0. The van der Waals surface area contributed by atoms with Crippen molar-refractivity contribution in [2.45, 2.75) is 6.92 Å². The Kier molecular flexibility index (Phi) is 4.68. The van der Waals surface area contributed by atoms with Gasteiger partial charge in [-0.15, -0.1) is 0 Å². The molecule has 2 nitrogen and oxygen atoms in total. The second-order valence-electron chi connectivity index (χ2n) is 2.05. The van der Waals surface area contributed by atoms with Gasteiger partial charge in [-0.3, -0.25) is 4.79 Å². The standard InChI is InChI=1S/C8H9NO.Li.H/c1-7(10)9-8-5-3-2-4-6-8;;/h2-6H,1H3,(H,9,10);;. The number of nitrogens with one attached hydrogen (secondary N) is 1. The Balaban J connectivity index is 0.000001000. The molecule has 54 valence electrons. The molecular weight excluding hydrogens is 133 g/mol. The van der Waals surface area contributed by atoms with Gasteiger partial charge in [-0.2, -0.15) is 0 Å². The van der Waals surface area contributed by atoms with E-state index in [1.165, 1.54) is 6.92 Å². The van der Waals surface area contributed by atoms with Crippen molar-refractivity contribution in [1.29, 1.82) is 0 Å². The van der Waals surface area contributed by atoms with Crippen molar-refractivity contribution in [3.63, 3.8) is 0 Å². The summed E-state index contributed by atoms with van der Waals surface area (Å²) < 4.78 is 0. The first-order chi connectivity index (χ1) is 4.79. The molecular formula is C8H10LiNO. The molecule has 0 unspecified atom stereocenters. The fourth-order valence-electron chi connectivity index (χ4n) is 0.725. The van der Waals surface area contributed by atoms with E-state index in [1.807, 2.05) is 30.3 Å². The van der Waals surface area contributed by atoms with Crippen LogP contribution >= 0.6 is 0 Å². The molecule has 1 amide bonds. The quantitative estimate of drug-likeness (QED) is 0.584. The van der Waals surface area contributed by atoms with Gasteiger partial charge in [0, 0.05) is 12.6 Å². The molecule has 0 aromatic heterocycles. The van der Waals surface area contributed by atoms with E-state index < -0.39 is 0 Å². The van der Waals surface area contributed by atoms with E-state index in [0.29, 0.717) is 0 Å². The molecule has 0 atom stereocenters. The molecule has 0 aliphatic rings. The zero-order valence-corrected chi connectivity index (χ0v) is 5.79. The van der Waals surface area contributed by atoms with Crippen LogP contribution in [-0.2, 0) is 4.79 Å². The van der Waals surface area contributed by atoms with Crippen LogP contribution < -0.4 is 5.32 Å². The predicted molar refractivity (Wildman–Crippen MR) is 47.9 cm³/mol. The van der Waals surface area contributed by atoms with Crippen molar-refractivity contribution in [2.75, 3.05) is 5.32 Å². The maximum atomic E-state index is 10.5. The van der Waals surface area contributed by atoms with Crippen LogP contribution in [0.3, 0.4) is 0 Å². The zero-order chi connectivity index (χ0) is 7.40. The van der Waals surface area contributed by atoms with Crippen LogP contribution in [0.2, 0.25) is 0 Å². The van der Waals surface area contributed by atoms with Crippen molar-refractivity contribution in [3.05, 3.63) is 30.3 Å². The van der Waals surface area contributed by atoms with Gasteiger partial charge in [0.25, 0.3) is 0 Å². The summed E-state index contributed by atoms with van der Waals surface area (Å²) in [5, 5.41) is 2.67. The summed E-state index contributed by atoms with van der Waals surface area (Å²) in [5.41, 5.74) is 0.843. The van der Waals surface area contributed by atoms with Crippen molar-refractivity contribution >= 4 is 30.5 Å². The zero-order valence-electron chi connectivity index (χ0n) is 5.79. The van der Waals surface area contributed by atoms with E-state index in [0.717, 1.165) is 5.69 Å². The SMILES string of the molecule is CC(=O)Nc1ccccc1.[LiH]. The molecule has 1 rings (SSSR count). The second kappa shape index (κ2) is 5.01. The third-order valence-electron chi connectivity index (χ3n) is 1.09. The van der Waals surface area contributed by atoms with Crippen LogP contribution in [0.5, 0.6) is 0 Å². The average Bonchev–Trinajstić information content (AvgIpc) is 1.88. The van der Waals surface area contributed by atoms with Crippen LogP contribution in [0.1, 0.15) is 6.92 Å². The predicted octanol–water partition coefficient (Wildman–Crippen LogP) is 0.996. The second-order valence-corrected chi connectivity index (χ2v) is 2.05. The molecule has 1 aromatic rings. The van der Waals surface area contributed by atoms with Crippen LogP contribution in [0.25, 0.3) is 0 Å². The number of benzene rings is 1. The molecule has 11 heavy (non-hydrogen) atoms. The molecule has 0 aliphatic heterocycles.